The summed E-state index contributed by atoms with van der Waals surface area (Å²) in [6.45, 7) is 0. The van der Waals surface area contributed by atoms with E-state index in [1.807, 2.05) is 30.3 Å². The molecule has 8 aromatic rings. The zero-order valence-electron chi connectivity index (χ0n) is 22.3. The van der Waals surface area contributed by atoms with Crippen LogP contribution < -0.4 is 0 Å². The first-order chi connectivity index (χ1) is 20.7. The second kappa shape index (κ2) is 10.2. The van der Waals surface area contributed by atoms with Crippen LogP contribution in [0, 0.1) is 0 Å². The van der Waals surface area contributed by atoms with Gasteiger partial charge in [-0.3, -0.25) is 0 Å². The number of halogens is 1. The van der Waals surface area contributed by atoms with Crippen molar-refractivity contribution in [2.24, 2.45) is 0 Å². The van der Waals surface area contributed by atoms with Crippen LogP contribution in [0.25, 0.3) is 76.0 Å². The molecule has 0 fully saturated rings. The minimum Gasteiger partial charge on any atom is -0.208 e. The highest BCUT2D eigenvalue weighted by atomic mass is 35.5. The van der Waals surface area contributed by atoms with Crippen LogP contribution in [-0.2, 0) is 0 Å². The van der Waals surface area contributed by atoms with Crippen LogP contribution in [0.3, 0.4) is 0 Å². The molecule has 6 aromatic carbocycles. The lowest BCUT2D eigenvalue weighted by Crippen LogP contribution is -1.97. The van der Waals surface area contributed by atoms with Crippen molar-refractivity contribution in [2.75, 3.05) is 0 Å². The molecule has 0 aliphatic heterocycles. The Balaban J connectivity index is 1.32. The van der Waals surface area contributed by atoms with E-state index >= 15 is 0 Å². The quantitative estimate of drug-likeness (QED) is 0.209. The van der Waals surface area contributed by atoms with Gasteiger partial charge in [-0.15, -0.1) is 11.3 Å². The second-order valence-corrected chi connectivity index (χ2v) is 11.6. The molecule has 2 heterocycles. The normalized spacial score (nSPS) is 11.5. The molecule has 0 aliphatic rings. The molecular weight excluding hydrogens is 554 g/mol. The molecule has 0 atom stereocenters. The van der Waals surface area contributed by atoms with Gasteiger partial charge in [0.1, 0.15) is 0 Å². The first kappa shape index (κ1) is 24.9. The molecule has 0 radical (unpaired) electrons. The zero-order valence-corrected chi connectivity index (χ0v) is 23.9. The van der Waals surface area contributed by atoms with E-state index in [0.717, 1.165) is 15.8 Å². The van der Waals surface area contributed by atoms with Crippen molar-refractivity contribution in [3.63, 3.8) is 0 Å². The Morgan fingerprint density at radius 3 is 1.81 bits per heavy atom. The van der Waals surface area contributed by atoms with E-state index in [0.29, 0.717) is 11.6 Å². The van der Waals surface area contributed by atoms with E-state index in [1.54, 1.807) is 11.3 Å². The number of aromatic nitrogens is 3. The molecule has 0 bridgehead atoms. The van der Waals surface area contributed by atoms with Crippen molar-refractivity contribution in [2.45, 2.75) is 0 Å². The summed E-state index contributed by atoms with van der Waals surface area (Å²) in [6.07, 6.45) is 0. The summed E-state index contributed by atoms with van der Waals surface area (Å²) in [5, 5.41) is 5.05. The topological polar surface area (TPSA) is 38.7 Å². The van der Waals surface area contributed by atoms with Gasteiger partial charge in [-0.25, -0.2) is 4.98 Å². The van der Waals surface area contributed by atoms with Gasteiger partial charge >= 0.3 is 0 Å². The molecule has 0 spiro atoms. The maximum absolute atomic E-state index is 6.43. The van der Waals surface area contributed by atoms with Crippen LogP contribution in [0.2, 0.25) is 5.28 Å². The first-order valence-corrected chi connectivity index (χ1v) is 14.9. The molecule has 0 saturated carbocycles. The van der Waals surface area contributed by atoms with Crippen LogP contribution in [0.5, 0.6) is 0 Å². The minimum absolute atomic E-state index is 0.183. The molecule has 0 saturated heterocycles. The molecule has 2 aromatic heterocycles. The average Bonchev–Trinajstić information content (AvgIpc) is 3.44. The molecule has 0 N–H and O–H groups in total. The lowest BCUT2D eigenvalue weighted by atomic mass is 9.94. The van der Waals surface area contributed by atoms with Gasteiger partial charge in [-0.1, -0.05) is 121 Å². The molecule has 5 heteroatoms. The van der Waals surface area contributed by atoms with Crippen molar-refractivity contribution < 1.29 is 0 Å². The molecular formula is C37H22ClN3S. The van der Waals surface area contributed by atoms with Crippen LogP contribution >= 0.6 is 22.9 Å². The Kier molecular flexibility index (Phi) is 6.03. The first-order valence-electron chi connectivity index (χ1n) is 13.7. The van der Waals surface area contributed by atoms with E-state index < -0.39 is 0 Å². The largest absolute Gasteiger partial charge is 0.226 e. The number of nitrogens with zero attached hydrogens (tertiary/aromatic N) is 3. The fraction of sp³-hybridized carbons (Fsp3) is 0. The van der Waals surface area contributed by atoms with Gasteiger partial charge in [0, 0.05) is 31.3 Å². The lowest BCUT2D eigenvalue weighted by molar-refractivity contribution is 1.07. The van der Waals surface area contributed by atoms with Gasteiger partial charge < -0.3 is 0 Å². The fourth-order valence-corrected chi connectivity index (χ4v) is 7.23. The van der Waals surface area contributed by atoms with Crippen molar-refractivity contribution in [3.05, 3.63) is 139 Å². The van der Waals surface area contributed by atoms with Crippen LogP contribution in [-0.4, -0.2) is 15.0 Å². The zero-order chi connectivity index (χ0) is 28.0. The SMILES string of the molecule is Clc1nc(-c2ccccc2)nc(-c2cccc3c2sc2c(-c4ccc5cccc(-c6ccccc6)c5c4)cccc23)n1. The third kappa shape index (κ3) is 4.24. The highest BCUT2D eigenvalue weighted by Crippen LogP contribution is 2.44. The van der Waals surface area contributed by atoms with Crippen molar-refractivity contribution >= 4 is 53.9 Å². The standard InChI is InChI=1S/C37H22ClN3S/c38-37-40-35(25-12-5-2-6-13-25)39-36(41-37)31-19-9-18-30-29-17-8-16-28(33(29)42-34(30)31)26-21-20-24-14-7-15-27(32(24)22-26)23-10-3-1-4-11-23/h1-22H. The Labute approximate surface area is 251 Å². The summed E-state index contributed by atoms with van der Waals surface area (Å²) >= 11 is 8.21. The number of benzene rings is 6. The molecule has 3 nitrogen and oxygen atoms in total. The molecule has 0 aliphatic carbocycles. The number of hydrogen-bond acceptors (Lipinski definition) is 4. The molecule has 0 unspecified atom stereocenters. The summed E-state index contributed by atoms with van der Waals surface area (Å²) in [7, 11) is 0. The van der Waals surface area contributed by atoms with Gasteiger partial charge in [0.2, 0.25) is 5.28 Å². The summed E-state index contributed by atoms with van der Waals surface area (Å²) < 4.78 is 2.37. The number of fused-ring (bicyclic) bond motifs is 4. The van der Waals surface area contributed by atoms with Crippen LogP contribution in [0.4, 0.5) is 0 Å². The monoisotopic (exact) mass is 575 g/mol. The highest BCUT2D eigenvalue weighted by Gasteiger charge is 2.17. The van der Waals surface area contributed by atoms with Crippen molar-refractivity contribution in [1.82, 2.24) is 15.0 Å². The lowest BCUT2D eigenvalue weighted by Gasteiger charge is -2.10. The Morgan fingerprint density at radius 1 is 0.429 bits per heavy atom. The summed E-state index contributed by atoms with van der Waals surface area (Å²) in [5.41, 5.74) is 6.71. The third-order valence-electron chi connectivity index (χ3n) is 7.68. The predicted molar refractivity (Wildman–Crippen MR) is 177 cm³/mol. The maximum atomic E-state index is 6.43. The second-order valence-electron chi connectivity index (χ2n) is 10.2. The third-order valence-corrected chi connectivity index (χ3v) is 9.14. The highest BCUT2D eigenvalue weighted by molar-refractivity contribution is 7.26. The van der Waals surface area contributed by atoms with Gasteiger partial charge in [0.05, 0.1) is 0 Å². The summed E-state index contributed by atoms with van der Waals surface area (Å²) in [4.78, 5) is 13.8. The van der Waals surface area contributed by atoms with Crippen LogP contribution in [0.15, 0.2) is 133 Å². The van der Waals surface area contributed by atoms with Crippen LogP contribution in [0.1, 0.15) is 0 Å². The van der Waals surface area contributed by atoms with E-state index in [9.17, 15) is 0 Å². The van der Waals surface area contributed by atoms with E-state index in [4.69, 9.17) is 16.6 Å². The fourth-order valence-electron chi connectivity index (χ4n) is 5.72. The number of hydrogen-bond donors (Lipinski definition) is 0. The summed E-state index contributed by atoms with van der Waals surface area (Å²) in [6, 6.07) is 46.7. The van der Waals surface area contributed by atoms with Gasteiger partial charge in [0.25, 0.3) is 0 Å². The van der Waals surface area contributed by atoms with Crippen molar-refractivity contribution in [3.8, 4) is 45.0 Å². The Hall–Kier alpha value is -4.90. The van der Waals surface area contributed by atoms with E-state index in [1.165, 1.54) is 48.5 Å². The number of thiophene rings is 1. The van der Waals surface area contributed by atoms with E-state index in [2.05, 4.69) is 113 Å². The molecule has 8 rings (SSSR count). The Bertz CT molecular complexity index is 2260. The smallest absolute Gasteiger partial charge is 0.208 e. The minimum atomic E-state index is 0.183. The summed E-state index contributed by atoms with van der Waals surface area (Å²) in [5.74, 6) is 1.14. The maximum Gasteiger partial charge on any atom is 0.226 e. The average molecular weight is 576 g/mol. The van der Waals surface area contributed by atoms with Gasteiger partial charge in [-0.05, 0) is 56.8 Å². The van der Waals surface area contributed by atoms with E-state index in [-0.39, 0.29) is 5.28 Å². The molecule has 42 heavy (non-hydrogen) atoms. The van der Waals surface area contributed by atoms with Crippen molar-refractivity contribution in [1.29, 1.82) is 0 Å². The molecule has 0 amide bonds. The predicted octanol–water partition coefficient (Wildman–Crippen LogP) is 10.7. The molecule has 198 valence electrons. The number of rotatable bonds is 4. The van der Waals surface area contributed by atoms with Gasteiger partial charge in [-0.2, -0.15) is 9.97 Å². The Morgan fingerprint density at radius 2 is 1.05 bits per heavy atom. The van der Waals surface area contributed by atoms with Gasteiger partial charge in [0.15, 0.2) is 11.6 Å².